The predicted molar refractivity (Wildman–Crippen MR) is 124 cm³/mol. The minimum atomic E-state index is 0.599. The average molecular weight is 430 g/mol. The third-order valence-corrected chi connectivity index (χ3v) is 4.63. The molecule has 0 aliphatic heterocycles. The fourth-order valence-electron chi connectivity index (χ4n) is 3.01. The Morgan fingerprint density at radius 2 is 1.71 bits per heavy atom. The number of aryl methyl sites for hydroxylation is 1. The molecule has 0 aromatic heterocycles. The molecule has 2 aromatic rings. The van der Waals surface area contributed by atoms with Crippen molar-refractivity contribution in [2.45, 2.75) is 33.4 Å². The zero-order chi connectivity index (χ0) is 22.5. The molecule has 0 aliphatic carbocycles. The van der Waals surface area contributed by atoms with Gasteiger partial charge in [-0.25, -0.2) is 0 Å². The fourth-order valence-corrected chi connectivity index (χ4v) is 3.01. The Hall–Kier alpha value is -2.93. The molecule has 2 aromatic carbocycles. The van der Waals surface area contributed by atoms with Gasteiger partial charge in [-0.3, -0.25) is 4.99 Å². The summed E-state index contributed by atoms with van der Waals surface area (Å²) in [5.74, 6) is 3.06. The van der Waals surface area contributed by atoms with E-state index in [1.54, 1.807) is 21.3 Å². The van der Waals surface area contributed by atoms with Gasteiger partial charge in [0.25, 0.3) is 0 Å². The lowest BCUT2D eigenvalue weighted by atomic mass is 10.1. The molecule has 0 heterocycles. The Labute approximate surface area is 185 Å². The van der Waals surface area contributed by atoms with E-state index in [9.17, 15) is 0 Å². The Morgan fingerprint density at radius 1 is 0.903 bits per heavy atom. The van der Waals surface area contributed by atoms with Crippen molar-refractivity contribution in [3.63, 3.8) is 0 Å². The van der Waals surface area contributed by atoms with Gasteiger partial charge >= 0.3 is 0 Å². The summed E-state index contributed by atoms with van der Waals surface area (Å²) in [5, 5.41) is 6.69. The van der Waals surface area contributed by atoms with Crippen LogP contribution in [-0.2, 0) is 17.8 Å². The van der Waals surface area contributed by atoms with Crippen LogP contribution in [0.25, 0.3) is 0 Å². The van der Waals surface area contributed by atoms with Gasteiger partial charge in [0.05, 0.1) is 20.3 Å². The molecule has 0 aliphatic rings. The van der Waals surface area contributed by atoms with Crippen molar-refractivity contribution in [2.75, 3.05) is 41.1 Å². The van der Waals surface area contributed by atoms with Crippen LogP contribution in [-0.4, -0.2) is 47.0 Å². The quantitative estimate of drug-likeness (QED) is 0.305. The van der Waals surface area contributed by atoms with Gasteiger partial charge in [-0.2, -0.15) is 0 Å². The number of aliphatic imine (C=N–C) groups is 1. The second-order valence-electron chi connectivity index (χ2n) is 7.00. The van der Waals surface area contributed by atoms with Crippen LogP contribution < -0.4 is 24.8 Å². The minimum absolute atomic E-state index is 0.599. The van der Waals surface area contributed by atoms with Gasteiger partial charge in [-0.05, 0) is 43.2 Å². The lowest BCUT2D eigenvalue weighted by Gasteiger charge is -2.16. The molecule has 0 spiro atoms. The first-order chi connectivity index (χ1) is 15.1. The summed E-state index contributed by atoms with van der Waals surface area (Å²) < 4.78 is 22.1. The number of ether oxygens (including phenoxy) is 4. The first-order valence-corrected chi connectivity index (χ1v) is 10.6. The van der Waals surface area contributed by atoms with E-state index in [0.29, 0.717) is 38.9 Å². The van der Waals surface area contributed by atoms with Crippen molar-refractivity contribution in [2.24, 2.45) is 4.99 Å². The van der Waals surface area contributed by atoms with Crippen LogP contribution in [0.5, 0.6) is 17.2 Å². The van der Waals surface area contributed by atoms with E-state index in [0.717, 1.165) is 40.4 Å². The molecule has 0 saturated heterocycles. The number of benzene rings is 2. The molecule has 0 amide bonds. The fraction of sp³-hybridized carbons (Fsp3) is 0.458. The van der Waals surface area contributed by atoms with Crippen LogP contribution in [0.3, 0.4) is 0 Å². The van der Waals surface area contributed by atoms with Crippen molar-refractivity contribution < 1.29 is 18.9 Å². The number of methoxy groups -OCH3 is 2. The SMILES string of the molecule is CCOc1ccc(CNC(=NC)NCc2ccc(C)cc2OCCCOC)cc1OC. The molecule has 0 unspecified atom stereocenters. The van der Waals surface area contributed by atoms with Gasteiger partial charge in [0.2, 0.25) is 0 Å². The largest absolute Gasteiger partial charge is 0.493 e. The van der Waals surface area contributed by atoms with E-state index in [-0.39, 0.29) is 0 Å². The van der Waals surface area contributed by atoms with Gasteiger partial charge in [0.15, 0.2) is 17.5 Å². The number of nitrogens with one attached hydrogen (secondary N) is 2. The zero-order valence-corrected chi connectivity index (χ0v) is 19.3. The van der Waals surface area contributed by atoms with Gasteiger partial charge in [0, 0.05) is 45.8 Å². The Morgan fingerprint density at radius 3 is 2.42 bits per heavy atom. The summed E-state index contributed by atoms with van der Waals surface area (Å²) >= 11 is 0. The third-order valence-electron chi connectivity index (χ3n) is 4.63. The summed E-state index contributed by atoms with van der Waals surface area (Å²) in [5.41, 5.74) is 3.31. The number of hydrogen-bond donors (Lipinski definition) is 2. The van der Waals surface area contributed by atoms with Crippen molar-refractivity contribution in [1.82, 2.24) is 10.6 Å². The number of guanidine groups is 1. The highest BCUT2D eigenvalue weighted by Gasteiger charge is 2.08. The second kappa shape index (κ2) is 13.4. The maximum absolute atomic E-state index is 5.97. The van der Waals surface area contributed by atoms with Gasteiger partial charge in [-0.1, -0.05) is 18.2 Å². The Bertz CT molecular complexity index is 840. The molecule has 7 heteroatoms. The molecular weight excluding hydrogens is 394 g/mol. The molecule has 7 nitrogen and oxygen atoms in total. The van der Waals surface area contributed by atoms with Crippen molar-refractivity contribution >= 4 is 5.96 Å². The molecule has 2 rings (SSSR count). The highest BCUT2D eigenvalue weighted by atomic mass is 16.5. The van der Waals surface area contributed by atoms with Crippen molar-refractivity contribution in [3.05, 3.63) is 53.1 Å². The maximum atomic E-state index is 5.97. The van der Waals surface area contributed by atoms with Crippen LogP contribution in [0, 0.1) is 6.92 Å². The monoisotopic (exact) mass is 429 g/mol. The van der Waals surface area contributed by atoms with Gasteiger partial charge in [0.1, 0.15) is 5.75 Å². The Kier molecular flexibility index (Phi) is 10.5. The molecule has 170 valence electrons. The standard InChI is InChI=1S/C24H35N3O4/c1-6-30-21-11-9-19(15-23(21)29-5)16-26-24(25-3)27-17-20-10-8-18(2)14-22(20)31-13-7-12-28-4/h8-11,14-15H,6-7,12-13,16-17H2,1-5H3,(H2,25,26,27). The van der Waals surface area contributed by atoms with E-state index < -0.39 is 0 Å². The third kappa shape index (κ3) is 8.02. The van der Waals surface area contributed by atoms with E-state index in [2.05, 4.69) is 40.7 Å². The molecule has 0 radical (unpaired) electrons. The van der Waals surface area contributed by atoms with Crippen LogP contribution in [0.2, 0.25) is 0 Å². The lowest BCUT2D eigenvalue weighted by Crippen LogP contribution is -2.36. The van der Waals surface area contributed by atoms with Crippen LogP contribution in [0.4, 0.5) is 0 Å². The van der Waals surface area contributed by atoms with Crippen molar-refractivity contribution in [1.29, 1.82) is 0 Å². The lowest BCUT2D eigenvalue weighted by molar-refractivity contribution is 0.171. The average Bonchev–Trinajstić information content (AvgIpc) is 2.78. The molecule has 0 fully saturated rings. The molecule has 0 atom stereocenters. The minimum Gasteiger partial charge on any atom is -0.493 e. The summed E-state index contributed by atoms with van der Waals surface area (Å²) in [6, 6.07) is 12.1. The second-order valence-corrected chi connectivity index (χ2v) is 7.00. The van der Waals surface area contributed by atoms with Crippen LogP contribution in [0.15, 0.2) is 41.4 Å². The van der Waals surface area contributed by atoms with E-state index in [1.807, 2.05) is 25.1 Å². The zero-order valence-electron chi connectivity index (χ0n) is 19.3. The topological polar surface area (TPSA) is 73.3 Å². The molecule has 2 N–H and O–H groups in total. The molecule has 31 heavy (non-hydrogen) atoms. The normalized spacial score (nSPS) is 11.2. The summed E-state index contributed by atoms with van der Waals surface area (Å²) in [6.07, 6.45) is 0.853. The highest BCUT2D eigenvalue weighted by Crippen LogP contribution is 2.28. The van der Waals surface area contributed by atoms with Crippen LogP contribution >= 0.6 is 0 Å². The molecule has 0 bridgehead atoms. The van der Waals surface area contributed by atoms with Gasteiger partial charge in [-0.15, -0.1) is 0 Å². The summed E-state index contributed by atoms with van der Waals surface area (Å²) in [7, 11) is 5.10. The van der Waals surface area contributed by atoms with Crippen LogP contribution in [0.1, 0.15) is 30.0 Å². The van der Waals surface area contributed by atoms with E-state index in [1.165, 1.54) is 0 Å². The predicted octanol–water partition coefficient (Wildman–Crippen LogP) is 3.68. The number of rotatable bonds is 12. The number of hydrogen-bond acceptors (Lipinski definition) is 5. The van der Waals surface area contributed by atoms with E-state index >= 15 is 0 Å². The first kappa shape index (κ1) is 24.3. The maximum Gasteiger partial charge on any atom is 0.191 e. The molecular formula is C24H35N3O4. The van der Waals surface area contributed by atoms with E-state index in [4.69, 9.17) is 18.9 Å². The van der Waals surface area contributed by atoms with Crippen molar-refractivity contribution in [3.8, 4) is 17.2 Å². The number of nitrogens with zero attached hydrogens (tertiary/aromatic N) is 1. The summed E-state index contributed by atoms with van der Waals surface area (Å²) in [6.45, 7) is 7.13. The highest BCUT2D eigenvalue weighted by molar-refractivity contribution is 5.79. The van der Waals surface area contributed by atoms with Gasteiger partial charge < -0.3 is 29.6 Å². The smallest absolute Gasteiger partial charge is 0.191 e. The Balaban J connectivity index is 1.94. The first-order valence-electron chi connectivity index (χ1n) is 10.6. The summed E-state index contributed by atoms with van der Waals surface area (Å²) in [4.78, 5) is 4.32. The molecule has 0 saturated carbocycles.